The van der Waals surface area contributed by atoms with Gasteiger partial charge in [0, 0.05) is 19.1 Å². The number of hydrogen-bond acceptors (Lipinski definition) is 4. The maximum absolute atomic E-state index is 12.5. The van der Waals surface area contributed by atoms with Gasteiger partial charge in [-0.05, 0) is 43.4 Å². The number of amides is 1. The molecule has 5 heteroatoms. The first kappa shape index (κ1) is 17.9. The number of hydrogen-bond donors (Lipinski definition) is 2. The second-order valence-electron chi connectivity index (χ2n) is 7.30. The third-order valence-electron chi connectivity index (χ3n) is 5.75. The van der Waals surface area contributed by atoms with E-state index < -0.39 is 5.41 Å². The number of nitrogens with zero attached hydrogens (tertiary/aromatic N) is 2. The van der Waals surface area contributed by atoms with Crippen LogP contribution in [0.2, 0.25) is 0 Å². The molecule has 25 heavy (non-hydrogen) atoms. The molecule has 0 radical (unpaired) electrons. The Morgan fingerprint density at radius 1 is 1.28 bits per heavy atom. The van der Waals surface area contributed by atoms with Gasteiger partial charge in [0.15, 0.2) is 0 Å². The monoisotopic (exact) mass is 341 g/mol. The van der Waals surface area contributed by atoms with E-state index in [-0.39, 0.29) is 18.6 Å². The van der Waals surface area contributed by atoms with Crippen molar-refractivity contribution in [1.29, 1.82) is 5.26 Å². The molecule has 1 amide bonds. The Morgan fingerprint density at radius 2 is 2.00 bits per heavy atom. The number of nitriles is 1. The molecule has 1 aliphatic carbocycles. The Balaban J connectivity index is 1.65. The van der Waals surface area contributed by atoms with E-state index >= 15 is 0 Å². The molecule has 1 saturated heterocycles. The highest BCUT2D eigenvalue weighted by Crippen LogP contribution is 2.37. The number of aliphatic hydroxyl groups is 1. The Kier molecular flexibility index (Phi) is 5.72. The van der Waals surface area contributed by atoms with Gasteiger partial charge in [-0.3, -0.25) is 9.69 Å². The molecule has 2 aliphatic rings. The largest absolute Gasteiger partial charge is 0.395 e. The summed E-state index contributed by atoms with van der Waals surface area (Å²) in [5, 5.41) is 21.9. The number of likely N-dealkylation sites (tertiary alicyclic amines) is 1. The average Bonchev–Trinajstić information content (AvgIpc) is 3.30. The molecule has 1 aliphatic heterocycles. The minimum atomic E-state index is -0.828. The van der Waals surface area contributed by atoms with Gasteiger partial charge >= 0.3 is 0 Å². The first-order valence-corrected chi connectivity index (χ1v) is 9.30. The van der Waals surface area contributed by atoms with Crippen LogP contribution in [0.4, 0.5) is 0 Å². The van der Waals surface area contributed by atoms with Crippen molar-refractivity contribution in [2.24, 2.45) is 5.41 Å². The fourth-order valence-corrected chi connectivity index (χ4v) is 4.13. The summed E-state index contributed by atoms with van der Waals surface area (Å²) in [5.41, 5.74) is 1.44. The molecular weight excluding hydrogens is 314 g/mol. The fraction of sp³-hybridized carbons (Fsp3) is 0.600. The summed E-state index contributed by atoms with van der Waals surface area (Å²) in [4.78, 5) is 14.9. The van der Waals surface area contributed by atoms with Gasteiger partial charge in [-0.2, -0.15) is 5.26 Å². The third kappa shape index (κ3) is 3.86. The molecule has 1 aromatic carbocycles. The second kappa shape index (κ2) is 7.99. The lowest BCUT2D eigenvalue weighted by molar-refractivity contribution is -0.128. The van der Waals surface area contributed by atoms with Gasteiger partial charge in [-0.1, -0.05) is 37.1 Å². The smallest absolute Gasteiger partial charge is 0.240 e. The number of benzene rings is 1. The van der Waals surface area contributed by atoms with Crippen molar-refractivity contribution in [3.63, 3.8) is 0 Å². The van der Waals surface area contributed by atoms with Gasteiger partial charge in [0.25, 0.3) is 0 Å². The van der Waals surface area contributed by atoms with Crippen LogP contribution in [0.15, 0.2) is 24.3 Å². The van der Waals surface area contributed by atoms with Crippen LogP contribution in [-0.2, 0) is 17.9 Å². The van der Waals surface area contributed by atoms with Gasteiger partial charge in [0.05, 0.1) is 12.7 Å². The van der Waals surface area contributed by atoms with Gasteiger partial charge in [0.1, 0.15) is 5.41 Å². The maximum atomic E-state index is 12.5. The van der Waals surface area contributed by atoms with Gasteiger partial charge < -0.3 is 10.4 Å². The summed E-state index contributed by atoms with van der Waals surface area (Å²) in [6.07, 6.45) is 5.41. The Hall–Kier alpha value is -1.90. The van der Waals surface area contributed by atoms with E-state index in [2.05, 4.69) is 22.4 Å². The van der Waals surface area contributed by atoms with Crippen LogP contribution in [-0.4, -0.2) is 35.1 Å². The molecule has 2 N–H and O–H groups in total. The number of nitrogens with one attached hydrogen (secondary N) is 1. The van der Waals surface area contributed by atoms with Crippen molar-refractivity contribution in [3.05, 3.63) is 35.4 Å². The first-order chi connectivity index (χ1) is 12.2. The topological polar surface area (TPSA) is 76.4 Å². The highest BCUT2D eigenvalue weighted by molar-refractivity contribution is 5.85. The van der Waals surface area contributed by atoms with Crippen molar-refractivity contribution in [3.8, 4) is 6.07 Å². The van der Waals surface area contributed by atoms with Crippen LogP contribution >= 0.6 is 0 Å². The van der Waals surface area contributed by atoms with Crippen LogP contribution in [0.25, 0.3) is 0 Å². The zero-order valence-corrected chi connectivity index (χ0v) is 14.7. The van der Waals surface area contributed by atoms with E-state index in [9.17, 15) is 15.2 Å². The molecule has 1 aromatic rings. The van der Waals surface area contributed by atoms with Crippen LogP contribution in [0, 0.1) is 16.7 Å². The highest BCUT2D eigenvalue weighted by atomic mass is 16.3. The number of carbonyl (C=O) groups excluding carboxylic acids is 1. The summed E-state index contributed by atoms with van der Waals surface area (Å²) < 4.78 is 0. The average molecular weight is 341 g/mol. The molecule has 5 nitrogen and oxygen atoms in total. The summed E-state index contributed by atoms with van der Waals surface area (Å²) >= 11 is 0. The lowest BCUT2D eigenvalue weighted by Gasteiger charge is -2.24. The lowest BCUT2D eigenvalue weighted by atomic mass is 9.87. The molecule has 0 spiro atoms. The summed E-state index contributed by atoms with van der Waals surface area (Å²) in [5.74, 6) is -0.128. The Bertz CT molecular complexity index is 647. The minimum absolute atomic E-state index is 0.128. The number of aliphatic hydroxyl groups excluding tert-OH is 1. The second-order valence-corrected chi connectivity index (χ2v) is 7.30. The summed E-state index contributed by atoms with van der Waals surface area (Å²) in [6, 6.07) is 10.6. The zero-order valence-electron chi connectivity index (χ0n) is 14.7. The van der Waals surface area contributed by atoms with Crippen LogP contribution in [0.5, 0.6) is 0 Å². The van der Waals surface area contributed by atoms with E-state index in [1.165, 1.54) is 5.56 Å². The SMILES string of the molecule is N#CC1(C(=O)NCc2ccccc2CN2CCC[C@H]2CO)CCCC1. The van der Waals surface area contributed by atoms with Crippen molar-refractivity contribution < 1.29 is 9.90 Å². The van der Waals surface area contributed by atoms with Crippen molar-refractivity contribution in [2.75, 3.05) is 13.2 Å². The van der Waals surface area contributed by atoms with Crippen molar-refractivity contribution >= 4 is 5.91 Å². The molecule has 0 aromatic heterocycles. The normalized spacial score (nSPS) is 22.6. The van der Waals surface area contributed by atoms with Crippen LogP contribution in [0.3, 0.4) is 0 Å². The molecule has 1 heterocycles. The van der Waals surface area contributed by atoms with E-state index in [0.29, 0.717) is 19.4 Å². The molecule has 2 fully saturated rings. The van der Waals surface area contributed by atoms with Crippen molar-refractivity contribution in [1.82, 2.24) is 10.2 Å². The van der Waals surface area contributed by atoms with E-state index in [1.807, 2.05) is 18.2 Å². The predicted molar refractivity (Wildman–Crippen MR) is 95.3 cm³/mol. The molecule has 134 valence electrons. The molecular formula is C20H27N3O2. The maximum Gasteiger partial charge on any atom is 0.240 e. The van der Waals surface area contributed by atoms with E-state index in [0.717, 1.165) is 44.3 Å². The van der Waals surface area contributed by atoms with E-state index in [4.69, 9.17) is 0 Å². The molecule has 0 bridgehead atoms. The molecule has 1 atom stereocenters. The standard InChI is InChI=1S/C20H27N3O2/c21-15-20(9-3-4-10-20)19(25)22-12-16-6-1-2-7-17(16)13-23-11-5-8-18(23)14-24/h1-2,6-7,18,24H,3-5,8-14H2,(H,22,25)/t18-/m0/s1. The van der Waals surface area contributed by atoms with Crippen LogP contribution in [0.1, 0.15) is 49.7 Å². The minimum Gasteiger partial charge on any atom is -0.395 e. The zero-order chi connectivity index (χ0) is 17.7. The quantitative estimate of drug-likeness (QED) is 0.833. The molecule has 1 saturated carbocycles. The van der Waals surface area contributed by atoms with Gasteiger partial charge in [-0.15, -0.1) is 0 Å². The highest BCUT2D eigenvalue weighted by Gasteiger charge is 2.41. The van der Waals surface area contributed by atoms with Gasteiger partial charge in [0.2, 0.25) is 5.91 Å². The van der Waals surface area contributed by atoms with Crippen molar-refractivity contribution in [2.45, 2.75) is 57.7 Å². The van der Waals surface area contributed by atoms with Gasteiger partial charge in [-0.25, -0.2) is 0 Å². The summed E-state index contributed by atoms with van der Waals surface area (Å²) in [7, 11) is 0. The fourth-order valence-electron chi connectivity index (χ4n) is 4.13. The Labute approximate surface area is 149 Å². The van der Waals surface area contributed by atoms with E-state index in [1.54, 1.807) is 0 Å². The third-order valence-corrected chi connectivity index (χ3v) is 5.75. The Morgan fingerprint density at radius 3 is 2.68 bits per heavy atom. The van der Waals surface area contributed by atoms with Crippen LogP contribution < -0.4 is 5.32 Å². The lowest BCUT2D eigenvalue weighted by Crippen LogP contribution is -2.38. The number of carbonyl (C=O) groups is 1. The molecule has 3 rings (SSSR count). The first-order valence-electron chi connectivity index (χ1n) is 9.30. The summed E-state index contributed by atoms with van der Waals surface area (Å²) in [6.45, 7) is 2.45. The predicted octanol–water partition coefficient (Wildman–Crippen LogP) is 2.34. The number of rotatable bonds is 6. The molecule has 0 unspecified atom stereocenters.